The third kappa shape index (κ3) is 2.81. The lowest BCUT2D eigenvalue weighted by Crippen LogP contribution is -2.13. The highest BCUT2D eigenvalue weighted by Gasteiger charge is 2.41. The maximum Gasteiger partial charge on any atom is 0.337 e. The Morgan fingerprint density at radius 1 is 1.26 bits per heavy atom. The van der Waals surface area contributed by atoms with Crippen molar-refractivity contribution in [3.63, 3.8) is 0 Å². The van der Waals surface area contributed by atoms with Crippen LogP contribution in [-0.4, -0.2) is 38.0 Å². The van der Waals surface area contributed by atoms with Crippen LogP contribution in [0.3, 0.4) is 0 Å². The molecule has 0 unspecified atom stereocenters. The zero-order valence-corrected chi connectivity index (χ0v) is 11.4. The molecular formula is C14H18O5. The first kappa shape index (κ1) is 13.7. The Hall–Kier alpha value is -1.75. The molecule has 0 atom stereocenters. The summed E-state index contributed by atoms with van der Waals surface area (Å²) in [6, 6.07) is 3.26. The SMILES string of the molecule is COC(=O)c1cc(CC2(O)CC2)c(OC)c(OC)c1. The summed E-state index contributed by atoms with van der Waals surface area (Å²) in [5.41, 5.74) is 0.467. The van der Waals surface area contributed by atoms with Gasteiger partial charge in [0.25, 0.3) is 0 Å². The maximum atomic E-state index is 11.6. The Morgan fingerprint density at radius 2 is 1.95 bits per heavy atom. The predicted octanol–water partition coefficient (Wildman–Crippen LogP) is 1.56. The summed E-state index contributed by atoms with van der Waals surface area (Å²) < 4.78 is 15.3. The van der Waals surface area contributed by atoms with Crippen LogP contribution in [0, 0.1) is 0 Å². The average molecular weight is 266 g/mol. The summed E-state index contributed by atoms with van der Waals surface area (Å²) in [6.07, 6.45) is 1.97. The van der Waals surface area contributed by atoms with Crippen LogP contribution in [0.25, 0.3) is 0 Å². The van der Waals surface area contributed by atoms with E-state index < -0.39 is 11.6 Å². The van der Waals surface area contributed by atoms with Crippen molar-refractivity contribution < 1.29 is 24.1 Å². The molecule has 1 aromatic carbocycles. The molecule has 0 amide bonds. The van der Waals surface area contributed by atoms with Crippen LogP contribution in [-0.2, 0) is 11.2 Å². The first-order valence-corrected chi connectivity index (χ1v) is 6.08. The molecule has 0 aromatic heterocycles. The molecule has 0 radical (unpaired) electrons. The van der Waals surface area contributed by atoms with E-state index in [1.54, 1.807) is 12.1 Å². The fourth-order valence-corrected chi connectivity index (χ4v) is 2.09. The van der Waals surface area contributed by atoms with E-state index >= 15 is 0 Å². The zero-order valence-electron chi connectivity index (χ0n) is 11.4. The Morgan fingerprint density at radius 3 is 2.42 bits per heavy atom. The minimum Gasteiger partial charge on any atom is -0.493 e. The first-order valence-electron chi connectivity index (χ1n) is 6.08. The molecule has 1 N–H and O–H groups in total. The van der Waals surface area contributed by atoms with Crippen LogP contribution in [0.15, 0.2) is 12.1 Å². The van der Waals surface area contributed by atoms with Gasteiger partial charge in [-0.25, -0.2) is 4.79 Å². The van der Waals surface area contributed by atoms with Crippen molar-refractivity contribution in [1.29, 1.82) is 0 Å². The van der Waals surface area contributed by atoms with Gasteiger partial charge in [-0.3, -0.25) is 0 Å². The summed E-state index contributed by atoms with van der Waals surface area (Å²) in [5, 5.41) is 10.0. The minimum absolute atomic E-state index is 0.388. The number of hydrogen-bond donors (Lipinski definition) is 1. The lowest BCUT2D eigenvalue weighted by Gasteiger charge is -2.16. The average Bonchev–Trinajstić information content (AvgIpc) is 3.14. The van der Waals surface area contributed by atoms with Crippen molar-refractivity contribution >= 4 is 5.97 Å². The van der Waals surface area contributed by atoms with Crippen LogP contribution in [0.2, 0.25) is 0 Å². The summed E-state index contributed by atoms with van der Waals surface area (Å²) in [7, 11) is 4.37. The molecule has 0 aliphatic heterocycles. The molecule has 1 fully saturated rings. The number of carbonyl (C=O) groups is 1. The number of rotatable bonds is 5. The van der Waals surface area contributed by atoms with Gasteiger partial charge in [-0.2, -0.15) is 0 Å². The van der Waals surface area contributed by atoms with E-state index in [0.29, 0.717) is 23.5 Å². The molecule has 1 aliphatic rings. The number of esters is 1. The number of hydrogen-bond acceptors (Lipinski definition) is 5. The smallest absolute Gasteiger partial charge is 0.337 e. The third-order valence-electron chi connectivity index (χ3n) is 3.32. The van der Waals surface area contributed by atoms with Crippen LogP contribution in [0.1, 0.15) is 28.8 Å². The van der Waals surface area contributed by atoms with Gasteiger partial charge in [-0.1, -0.05) is 0 Å². The normalized spacial score (nSPS) is 15.8. The molecule has 1 aromatic rings. The zero-order chi connectivity index (χ0) is 14.0. The van der Waals surface area contributed by atoms with Crippen molar-refractivity contribution in [2.45, 2.75) is 24.9 Å². The molecule has 0 spiro atoms. The molecule has 0 heterocycles. The van der Waals surface area contributed by atoms with Crippen molar-refractivity contribution in [3.8, 4) is 11.5 Å². The van der Waals surface area contributed by atoms with Gasteiger partial charge in [0.15, 0.2) is 11.5 Å². The van der Waals surface area contributed by atoms with Gasteiger partial charge in [-0.05, 0) is 25.0 Å². The van der Waals surface area contributed by atoms with Crippen molar-refractivity contribution in [3.05, 3.63) is 23.3 Å². The van der Waals surface area contributed by atoms with Gasteiger partial charge in [-0.15, -0.1) is 0 Å². The van der Waals surface area contributed by atoms with Gasteiger partial charge in [0.1, 0.15) is 0 Å². The van der Waals surface area contributed by atoms with Gasteiger partial charge in [0.2, 0.25) is 0 Å². The summed E-state index contributed by atoms with van der Waals surface area (Å²) in [5.74, 6) is 0.574. The van der Waals surface area contributed by atoms with E-state index in [2.05, 4.69) is 0 Å². The lowest BCUT2D eigenvalue weighted by atomic mass is 10.0. The predicted molar refractivity (Wildman–Crippen MR) is 68.8 cm³/mol. The Bertz CT molecular complexity index is 491. The molecule has 104 valence electrons. The number of carbonyl (C=O) groups excluding carboxylic acids is 1. The Kier molecular flexibility index (Phi) is 3.66. The van der Waals surface area contributed by atoms with Gasteiger partial charge in [0, 0.05) is 12.0 Å². The number of aliphatic hydroxyl groups is 1. The van der Waals surface area contributed by atoms with E-state index in [1.165, 1.54) is 21.3 Å². The quantitative estimate of drug-likeness (QED) is 0.819. The van der Waals surface area contributed by atoms with Crippen molar-refractivity contribution in [2.24, 2.45) is 0 Å². The van der Waals surface area contributed by atoms with E-state index in [9.17, 15) is 9.90 Å². The van der Waals surface area contributed by atoms with Crippen LogP contribution in [0.4, 0.5) is 0 Å². The standard InChI is InChI=1S/C14H18O5/c1-17-11-7-9(13(15)19-3)6-10(12(11)18-2)8-14(16)4-5-14/h6-7,16H,4-5,8H2,1-3H3. The Balaban J connectivity index is 2.44. The third-order valence-corrected chi connectivity index (χ3v) is 3.32. The second-order valence-electron chi connectivity index (χ2n) is 4.76. The van der Waals surface area contributed by atoms with Crippen molar-refractivity contribution in [2.75, 3.05) is 21.3 Å². The van der Waals surface area contributed by atoms with E-state index in [0.717, 1.165) is 18.4 Å². The second-order valence-corrected chi connectivity index (χ2v) is 4.76. The largest absolute Gasteiger partial charge is 0.493 e. The molecular weight excluding hydrogens is 248 g/mol. The topological polar surface area (TPSA) is 65.0 Å². The fourth-order valence-electron chi connectivity index (χ4n) is 2.09. The monoisotopic (exact) mass is 266 g/mol. The minimum atomic E-state index is -0.674. The highest BCUT2D eigenvalue weighted by atomic mass is 16.5. The van der Waals surface area contributed by atoms with E-state index in [1.807, 2.05) is 0 Å². The summed E-state index contributed by atoms with van der Waals surface area (Å²) in [4.78, 5) is 11.6. The van der Waals surface area contributed by atoms with Gasteiger partial charge in [0.05, 0.1) is 32.5 Å². The molecule has 1 saturated carbocycles. The molecule has 5 nitrogen and oxygen atoms in total. The molecule has 19 heavy (non-hydrogen) atoms. The molecule has 0 bridgehead atoms. The van der Waals surface area contributed by atoms with E-state index in [-0.39, 0.29) is 0 Å². The van der Waals surface area contributed by atoms with Crippen molar-refractivity contribution in [1.82, 2.24) is 0 Å². The first-order chi connectivity index (χ1) is 9.03. The molecule has 1 aliphatic carbocycles. The fraction of sp³-hybridized carbons (Fsp3) is 0.500. The number of ether oxygens (including phenoxy) is 3. The van der Waals surface area contributed by atoms with Crippen LogP contribution in [0.5, 0.6) is 11.5 Å². The number of benzene rings is 1. The van der Waals surface area contributed by atoms with E-state index in [4.69, 9.17) is 14.2 Å². The highest BCUT2D eigenvalue weighted by molar-refractivity contribution is 5.90. The summed E-state index contributed by atoms with van der Waals surface area (Å²) >= 11 is 0. The molecule has 0 saturated heterocycles. The number of methoxy groups -OCH3 is 3. The van der Waals surface area contributed by atoms with Crippen LogP contribution < -0.4 is 9.47 Å². The maximum absolute atomic E-state index is 11.6. The molecule has 2 rings (SSSR count). The summed E-state index contributed by atoms with van der Waals surface area (Å²) in [6.45, 7) is 0. The lowest BCUT2D eigenvalue weighted by molar-refractivity contribution is 0.0599. The van der Waals surface area contributed by atoms with Gasteiger partial charge < -0.3 is 19.3 Å². The highest BCUT2D eigenvalue weighted by Crippen LogP contribution is 2.42. The molecule has 5 heteroatoms. The second kappa shape index (κ2) is 5.09. The van der Waals surface area contributed by atoms with Crippen LogP contribution >= 0.6 is 0 Å². The van der Waals surface area contributed by atoms with Gasteiger partial charge >= 0.3 is 5.97 Å². The Labute approximate surface area is 112 Å².